The number of phenolic OH excluding ortho intramolecular Hbond substituents is 1. The number of amides is 1. The number of sulfone groups is 1. The first kappa shape index (κ1) is 21.9. The number of nitrogens with zero attached hydrogens (tertiary/aromatic N) is 2. The monoisotopic (exact) mass is 455 g/mol. The smallest absolute Gasteiger partial charge is 0.272 e. The van der Waals surface area contributed by atoms with Crippen LogP contribution < -0.4 is 4.74 Å². The van der Waals surface area contributed by atoms with Gasteiger partial charge in [0.2, 0.25) is 0 Å². The number of nitrogens with one attached hydrogen (secondary N) is 1. The number of aromatic hydroxyl groups is 1. The highest BCUT2D eigenvalue weighted by atomic mass is 32.2. The molecule has 0 bridgehead atoms. The molecule has 4 rings (SSSR count). The van der Waals surface area contributed by atoms with Crippen molar-refractivity contribution in [1.82, 2.24) is 15.1 Å². The molecule has 0 saturated carbocycles. The van der Waals surface area contributed by atoms with Crippen molar-refractivity contribution in [1.29, 1.82) is 0 Å². The van der Waals surface area contributed by atoms with Crippen LogP contribution in [0, 0.1) is 6.92 Å². The Bertz CT molecular complexity index is 1230. The topological polar surface area (TPSA) is 113 Å². The maximum Gasteiger partial charge on any atom is 0.272 e. The third kappa shape index (κ3) is 4.47. The second kappa shape index (κ2) is 8.66. The lowest BCUT2D eigenvalue weighted by atomic mass is 10.1. The summed E-state index contributed by atoms with van der Waals surface area (Å²) in [7, 11) is -1.60. The lowest BCUT2D eigenvalue weighted by Crippen LogP contribution is -2.40. The third-order valence-electron chi connectivity index (χ3n) is 5.74. The minimum absolute atomic E-state index is 0.0610. The van der Waals surface area contributed by atoms with E-state index in [1.165, 1.54) is 0 Å². The van der Waals surface area contributed by atoms with Gasteiger partial charge in [-0.3, -0.25) is 9.89 Å². The van der Waals surface area contributed by atoms with Crippen molar-refractivity contribution >= 4 is 15.7 Å². The van der Waals surface area contributed by atoms with Gasteiger partial charge in [0.05, 0.1) is 24.3 Å². The number of H-pyrrole nitrogens is 1. The maximum atomic E-state index is 13.4. The van der Waals surface area contributed by atoms with Crippen LogP contribution in [0.3, 0.4) is 0 Å². The molecule has 0 spiro atoms. The standard InChI is InChI=1S/C23H25N3O5S/c1-15-4-3-5-19(22(15)27)20-12-21(25-24-20)23(28)26(17-10-11-32(29,30)14-17)13-16-6-8-18(31-2)9-7-16/h3-9,12,17,27H,10-11,13-14H2,1-2H3,(H,24,25). The van der Waals surface area contributed by atoms with Gasteiger partial charge in [-0.25, -0.2) is 8.42 Å². The molecule has 3 aromatic rings. The summed E-state index contributed by atoms with van der Waals surface area (Å²) in [5.74, 6) is 0.472. The van der Waals surface area contributed by atoms with Crippen LogP contribution in [-0.2, 0) is 16.4 Å². The van der Waals surface area contributed by atoms with E-state index in [1.807, 2.05) is 12.1 Å². The summed E-state index contributed by atoms with van der Waals surface area (Å²) in [5.41, 5.74) is 2.76. The zero-order chi connectivity index (χ0) is 22.9. The Hall–Kier alpha value is -3.33. The highest BCUT2D eigenvalue weighted by Gasteiger charge is 2.35. The van der Waals surface area contributed by atoms with Gasteiger partial charge in [-0.2, -0.15) is 5.10 Å². The number of carbonyl (C=O) groups excluding carboxylic acids is 1. The summed E-state index contributed by atoms with van der Waals surface area (Å²) < 4.78 is 29.4. The number of methoxy groups -OCH3 is 1. The van der Waals surface area contributed by atoms with Crippen molar-refractivity contribution in [2.75, 3.05) is 18.6 Å². The second-order valence-corrected chi connectivity index (χ2v) is 10.2. The van der Waals surface area contributed by atoms with Crippen molar-refractivity contribution in [2.24, 2.45) is 0 Å². The van der Waals surface area contributed by atoms with E-state index in [2.05, 4.69) is 10.2 Å². The van der Waals surface area contributed by atoms with E-state index >= 15 is 0 Å². The fraction of sp³-hybridized carbons (Fsp3) is 0.304. The molecule has 2 aromatic carbocycles. The average molecular weight is 456 g/mol. The first-order valence-corrected chi connectivity index (χ1v) is 12.1. The molecule has 1 fully saturated rings. The number of phenols is 1. The Balaban J connectivity index is 1.64. The fourth-order valence-electron chi connectivity index (χ4n) is 3.91. The number of hydrogen-bond donors (Lipinski definition) is 2. The number of para-hydroxylation sites is 1. The van der Waals surface area contributed by atoms with E-state index in [0.717, 1.165) is 5.56 Å². The maximum absolute atomic E-state index is 13.4. The molecule has 1 unspecified atom stereocenters. The number of aryl methyl sites for hydroxylation is 1. The van der Waals surface area contributed by atoms with Gasteiger partial charge in [-0.05, 0) is 48.7 Å². The lowest BCUT2D eigenvalue weighted by Gasteiger charge is -2.28. The molecular weight excluding hydrogens is 430 g/mol. The van der Waals surface area contributed by atoms with Crippen molar-refractivity contribution in [2.45, 2.75) is 25.9 Å². The fourth-order valence-corrected chi connectivity index (χ4v) is 5.64. The van der Waals surface area contributed by atoms with Gasteiger partial charge in [0, 0.05) is 18.2 Å². The van der Waals surface area contributed by atoms with Gasteiger partial charge in [0.25, 0.3) is 5.91 Å². The summed E-state index contributed by atoms with van der Waals surface area (Å²) in [5, 5.41) is 17.3. The van der Waals surface area contributed by atoms with E-state index < -0.39 is 15.9 Å². The molecule has 0 radical (unpaired) electrons. The molecule has 1 amide bonds. The number of ether oxygens (including phenoxy) is 1. The van der Waals surface area contributed by atoms with Crippen molar-refractivity contribution < 1.29 is 23.1 Å². The van der Waals surface area contributed by atoms with Gasteiger partial charge in [0.15, 0.2) is 9.84 Å². The molecule has 1 aliphatic rings. The molecule has 1 aromatic heterocycles. The lowest BCUT2D eigenvalue weighted by molar-refractivity contribution is 0.0675. The highest BCUT2D eigenvalue weighted by Crippen LogP contribution is 2.31. The van der Waals surface area contributed by atoms with Crippen molar-refractivity contribution in [3.8, 4) is 22.8 Å². The quantitative estimate of drug-likeness (QED) is 0.591. The Morgan fingerprint density at radius 2 is 2.00 bits per heavy atom. The zero-order valence-corrected chi connectivity index (χ0v) is 18.7. The van der Waals surface area contributed by atoms with Crippen LogP contribution in [0.4, 0.5) is 0 Å². The summed E-state index contributed by atoms with van der Waals surface area (Å²) in [6.45, 7) is 2.04. The van der Waals surface area contributed by atoms with Crippen LogP contribution in [0.5, 0.6) is 11.5 Å². The number of carbonyl (C=O) groups is 1. The first-order chi connectivity index (χ1) is 15.3. The Morgan fingerprint density at radius 1 is 1.25 bits per heavy atom. The van der Waals surface area contributed by atoms with E-state index in [0.29, 0.717) is 29.0 Å². The molecule has 1 saturated heterocycles. The van der Waals surface area contributed by atoms with E-state index in [9.17, 15) is 18.3 Å². The van der Waals surface area contributed by atoms with Crippen molar-refractivity contribution in [3.63, 3.8) is 0 Å². The van der Waals surface area contributed by atoms with E-state index in [1.54, 1.807) is 55.3 Å². The summed E-state index contributed by atoms with van der Waals surface area (Å²) in [4.78, 5) is 15.0. The number of aromatic nitrogens is 2. The number of rotatable bonds is 6. The second-order valence-electron chi connectivity index (χ2n) is 7.98. The van der Waals surface area contributed by atoms with Crippen LogP contribution in [-0.4, -0.2) is 59.2 Å². The highest BCUT2D eigenvalue weighted by molar-refractivity contribution is 7.91. The number of aromatic amines is 1. The van der Waals surface area contributed by atoms with Gasteiger partial charge in [0.1, 0.15) is 17.2 Å². The van der Waals surface area contributed by atoms with Crippen LogP contribution >= 0.6 is 0 Å². The summed E-state index contributed by atoms with van der Waals surface area (Å²) >= 11 is 0. The molecule has 0 aliphatic carbocycles. The van der Waals surface area contributed by atoms with Gasteiger partial charge >= 0.3 is 0 Å². The minimum Gasteiger partial charge on any atom is -0.507 e. The predicted octanol–water partition coefficient (Wildman–Crippen LogP) is 2.93. The third-order valence-corrected chi connectivity index (χ3v) is 7.49. The zero-order valence-electron chi connectivity index (χ0n) is 17.9. The van der Waals surface area contributed by atoms with Crippen molar-refractivity contribution in [3.05, 3.63) is 65.4 Å². The largest absolute Gasteiger partial charge is 0.507 e. The Kier molecular flexibility index (Phi) is 5.92. The molecule has 2 N–H and O–H groups in total. The van der Waals surface area contributed by atoms with Crippen LogP contribution in [0.1, 0.15) is 28.0 Å². The molecule has 32 heavy (non-hydrogen) atoms. The van der Waals surface area contributed by atoms with Crippen LogP contribution in [0.15, 0.2) is 48.5 Å². The van der Waals surface area contributed by atoms with E-state index in [-0.39, 0.29) is 35.4 Å². The first-order valence-electron chi connectivity index (χ1n) is 10.3. The molecule has 168 valence electrons. The van der Waals surface area contributed by atoms with E-state index in [4.69, 9.17) is 4.74 Å². The molecule has 9 heteroatoms. The van der Waals surface area contributed by atoms with Crippen LogP contribution in [0.2, 0.25) is 0 Å². The molecule has 1 aliphatic heterocycles. The molecule has 2 heterocycles. The summed E-state index contributed by atoms with van der Waals surface area (Å²) in [6, 6.07) is 13.8. The Morgan fingerprint density at radius 3 is 2.66 bits per heavy atom. The normalized spacial score (nSPS) is 17.2. The SMILES string of the molecule is COc1ccc(CN(C(=O)c2cc(-c3cccc(C)c3O)n[nH]2)C2CCS(=O)(=O)C2)cc1. The molecule has 1 atom stereocenters. The molecule has 8 nitrogen and oxygen atoms in total. The van der Waals surface area contributed by atoms with Crippen LogP contribution in [0.25, 0.3) is 11.3 Å². The number of benzene rings is 2. The summed E-state index contributed by atoms with van der Waals surface area (Å²) in [6.07, 6.45) is 0.393. The number of hydrogen-bond acceptors (Lipinski definition) is 6. The average Bonchev–Trinajstić information content (AvgIpc) is 3.40. The predicted molar refractivity (Wildman–Crippen MR) is 120 cm³/mol. The van der Waals surface area contributed by atoms with Gasteiger partial charge < -0.3 is 14.7 Å². The minimum atomic E-state index is -3.18. The molecular formula is C23H25N3O5S. The Labute approximate surface area is 186 Å². The van der Waals surface area contributed by atoms with Gasteiger partial charge in [-0.1, -0.05) is 24.3 Å². The van der Waals surface area contributed by atoms with Gasteiger partial charge in [-0.15, -0.1) is 0 Å².